The molecule has 2 atom stereocenters. The number of aromatic nitrogens is 2. The van der Waals surface area contributed by atoms with Gasteiger partial charge in [-0.2, -0.15) is 0 Å². The molecule has 28 heavy (non-hydrogen) atoms. The summed E-state index contributed by atoms with van der Waals surface area (Å²) in [6, 6.07) is 8.18. The molecule has 1 aromatic carbocycles. The minimum atomic E-state index is 0.170. The van der Waals surface area contributed by atoms with Crippen LogP contribution in [0.2, 0.25) is 0 Å². The van der Waals surface area contributed by atoms with Crippen molar-refractivity contribution >= 4 is 11.7 Å². The molecular weight excluding hydrogens is 356 g/mol. The number of benzene rings is 1. The highest BCUT2D eigenvalue weighted by Gasteiger charge is 2.47. The molecule has 0 spiro atoms. The molecule has 7 heteroatoms. The lowest BCUT2D eigenvalue weighted by atomic mass is 9.86. The molecule has 148 valence electrons. The van der Waals surface area contributed by atoms with Crippen LogP contribution in [0.15, 0.2) is 24.3 Å². The van der Waals surface area contributed by atoms with E-state index in [1.165, 1.54) is 0 Å². The van der Waals surface area contributed by atoms with Crippen molar-refractivity contribution in [1.82, 2.24) is 14.9 Å². The van der Waals surface area contributed by atoms with Gasteiger partial charge in [0.05, 0.1) is 32.7 Å². The van der Waals surface area contributed by atoms with Crippen molar-refractivity contribution in [3.63, 3.8) is 0 Å². The Morgan fingerprint density at radius 3 is 2.43 bits per heavy atom. The number of hydrogen-bond donors (Lipinski definition) is 0. The summed E-state index contributed by atoms with van der Waals surface area (Å²) in [6.07, 6.45) is 1.44. The van der Waals surface area contributed by atoms with Crippen LogP contribution in [0, 0.1) is 13.8 Å². The predicted octanol–water partition coefficient (Wildman–Crippen LogP) is 2.14. The van der Waals surface area contributed by atoms with Crippen molar-refractivity contribution in [2.24, 2.45) is 0 Å². The van der Waals surface area contributed by atoms with Crippen LogP contribution in [0.25, 0.3) is 0 Å². The van der Waals surface area contributed by atoms with Gasteiger partial charge in [0.2, 0.25) is 5.91 Å². The van der Waals surface area contributed by atoms with Crippen molar-refractivity contribution < 1.29 is 14.3 Å². The van der Waals surface area contributed by atoms with E-state index in [2.05, 4.69) is 14.9 Å². The molecular formula is C21H26N4O3. The van der Waals surface area contributed by atoms with E-state index in [1.807, 2.05) is 43.0 Å². The molecule has 3 aliphatic rings. The fraction of sp³-hybridized carbons (Fsp3) is 0.476. The Bertz CT molecular complexity index is 869. The third-order valence-corrected chi connectivity index (χ3v) is 5.56. The summed E-state index contributed by atoms with van der Waals surface area (Å²) in [5.41, 5.74) is 1.91. The van der Waals surface area contributed by atoms with Crippen molar-refractivity contribution in [1.29, 1.82) is 0 Å². The van der Waals surface area contributed by atoms with E-state index in [-0.39, 0.29) is 18.0 Å². The van der Waals surface area contributed by atoms with Gasteiger partial charge in [-0.1, -0.05) is 6.07 Å². The van der Waals surface area contributed by atoms with E-state index in [0.717, 1.165) is 42.4 Å². The highest BCUT2D eigenvalue weighted by molar-refractivity contribution is 5.81. The van der Waals surface area contributed by atoms with Crippen LogP contribution in [0.5, 0.6) is 11.5 Å². The van der Waals surface area contributed by atoms with Crippen molar-refractivity contribution in [3.8, 4) is 11.5 Å². The van der Waals surface area contributed by atoms with Gasteiger partial charge in [0.25, 0.3) is 0 Å². The van der Waals surface area contributed by atoms with E-state index in [4.69, 9.17) is 9.47 Å². The number of amides is 1. The van der Waals surface area contributed by atoms with Gasteiger partial charge in [0.1, 0.15) is 11.6 Å². The second-order valence-electron chi connectivity index (χ2n) is 7.53. The van der Waals surface area contributed by atoms with Gasteiger partial charge in [0.15, 0.2) is 11.5 Å². The van der Waals surface area contributed by atoms with Gasteiger partial charge in [-0.25, -0.2) is 9.97 Å². The number of anilines is 1. The van der Waals surface area contributed by atoms with Crippen molar-refractivity contribution in [3.05, 3.63) is 41.3 Å². The maximum atomic E-state index is 12.9. The van der Waals surface area contributed by atoms with E-state index >= 15 is 0 Å². The number of piperazine rings is 1. The third-order valence-electron chi connectivity index (χ3n) is 5.56. The van der Waals surface area contributed by atoms with E-state index in [0.29, 0.717) is 17.9 Å². The summed E-state index contributed by atoms with van der Waals surface area (Å²) >= 11 is 0. The highest BCUT2D eigenvalue weighted by Crippen LogP contribution is 2.35. The van der Waals surface area contributed by atoms with Crippen LogP contribution >= 0.6 is 0 Å². The first-order valence-corrected chi connectivity index (χ1v) is 9.57. The highest BCUT2D eigenvalue weighted by atomic mass is 16.5. The summed E-state index contributed by atoms with van der Waals surface area (Å²) in [6.45, 7) is 5.55. The topological polar surface area (TPSA) is 67.8 Å². The summed E-state index contributed by atoms with van der Waals surface area (Å²) in [4.78, 5) is 26.2. The summed E-state index contributed by atoms with van der Waals surface area (Å²) in [7, 11) is 3.21. The van der Waals surface area contributed by atoms with Crippen LogP contribution < -0.4 is 14.4 Å². The summed E-state index contributed by atoms with van der Waals surface area (Å²) in [5, 5.41) is 0. The molecule has 0 N–H and O–H groups in total. The smallest absolute Gasteiger partial charge is 0.227 e. The van der Waals surface area contributed by atoms with Gasteiger partial charge in [-0.05, 0) is 38.0 Å². The fourth-order valence-corrected chi connectivity index (χ4v) is 4.32. The van der Waals surface area contributed by atoms with E-state index in [1.54, 1.807) is 14.2 Å². The van der Waals surface area contributed by atoms with Crippen LogP contribution in [0.4, 0.5) is 5.82 Å². The normalized spacial score (nSPS) is 20.6. The SMILES string of the molecule is COc1ccc(CC(=O)N2C3CC2CN(c2cc(C)nc(C)n2)C3)cc1OC. The monoisotopic (exact) mass is 382 g/mol. The number of rotatable bonds is 5. The number of piperidine rings is 1. The van der Waals surface area contributed by atoms with Crippen LogP contribution in [-0.4, -0.2) is 60.2 Å². The number of fused-ring (bicyclic) bond motifs is 2. The molecule has 0 saturated carbocycles. The Balaban J connectivity index is 1.43. The van der Waals surface area contributed by atoms with Gasteiger partial charge in [-0.15, -0.1) is 0 Å². The molecule has 2 unspecified atom stereocenters. The molecule has 3 aliphatic heterocycles. The lowest BCUT2D eigenvalue weighted by Gasteiger charge is -2.56. The first-order chi connectivity index (χ1) is 13.5. The average molecular weight is 382 g/mol. The number of ether oxygens (including phenoxy) is 2. The minimum Gasteiger partial charge on any atom is -0.493 e. The molecule has 0 aliphatic carbocycles. The molecule has 5 rings (SSSR count). The zero-order chi connectivity index (χ0) is 19.8. The van der Waals surface area contributed by atoms with Crippen molar-refractivity contribution in [2.75, 3.05) is 32.2 Å². The zero-order valence-electron chi connectivity index (χ0n) is 16.8. The van der Waals surface area contributed by atoms with Gasteiger partial charge in [0, 0.05) is 24.8 Å². The Hall–Kier alpha value is -2.83. The lowest BCUT2D eigenvalue weighted by molar-refractivity contribution is -0.145. The molecule has 4 heterocycles. The molecule has 0 radical (unpaired) electrons. The molecule has 3 fully saturated rings. The largest absolute Gasteiger partial charge is 0.493 e. The molecule has 1 aromatic heterocycles. The number of carbonyl (C=O) groups is 1. The van der Waals surface area contributed by atoms with E-state index < -0.39 is 0 Å². The Labute approximate surface area is 165 Å². The quantitative estimate of drug-likeness (QED) is 0.789. The average Bonchev–Trinajstić information content (AvgIpc) is 2.67. The lowest BCUT2D eigenvalue weighted by Crippen LogP contribution is -2.70. The third kappa shape index (κ3) is 3.37. The van der Waals surface area contributed by atoms with Crippen LogP contribution in [-0.2, 0) is 11.2 Å². The van der Waals surface area contributed by atoms with Crippen LogP contribution in [0.1, 0.15) is 23.5 Å². The summed E-state index contributed by atoms with van der Waals surface area (Å²) in [5.74, 6) is 3.24. The number of hydrogen-bond acceptors (Lipinski definition) is 6. The van der Waals surface area contributed by atoms with Crippen LogP contribution in [0.3, 0.4) is 0 Å². The fourth-order valence-electron chi connectivity index (χ4n) is 4.32. The minimum absolute atomic E-state index is 0.170. The van der Waals surface area contributed by atoms with E-state index in [9.17, 15) is 4.79 Å². The molecule has 3 saturated heterocycles. The first-order valence-electron chi connectivity index (χ1n) is 9.57. The maximum absolute atomic E-state index is 12.9. The Morgan fingerprint density at radius 1 is 1.07 bits per heavy atom. The second kappa shape index (κ2) is 7.30. The van der Waals surface area contributed by atoms with Crippen molar-refractivity contribution in [2.45, 2.75) is 38.8 Å². The Morgan fingerprint density at radius 2 is 1.79 bits per heavy atom. The van der Waals surface area contributed by atoms with Gasteiger partial charge in [-0.3, -0.25) is 4.79 Å². The molecule has 1 amide bonds. The zero-order valence-corrected chi connectivity index (χ0v) is 16.8. The summed E-state index contributed by atoms with van der Waals surface area (Å²) < 4.78 is 10.6. The van der Waals surface area contributed by atoms with Gasteiger partial charge < -0.3 is 19.3 Å². The molecule has 7 nitrogen and oxygen atoms in total. The molecule has 2 aromatic rings. The molecule has 2 bridgehead atoms. The number of carbonyl (C=O) groups excluding carboxylic acids is 1. The Kier molecular flexibility index (Phi) is 4.83. The van der Waals surface area contributed by atoms with Gasteiger partial charge >= 0.3 is 0 Å². The number of aryl methyl sites for hydroxylation is 2. The first kappa shape index (κ1) is 18.5. The second-order valence-corrected chi connectivity index (χ2v) is 7.53. The number of nitrogens with zero attached hydrogens (tertiary/aromatic N) is 4. The number of methoxy groups -OCH3 is 2. The standard InChI is InChI=1S/C21H26N4O3/c1-13-7-20(23-14(2)22-13)24-11-16-10-17(12-24)25(16)21(26)9-15-5-6-18(27-3)19(8-15)28-4/h5-8,16-17H,9-12H2,1-4H3. The predicted molar refractivity (Wildman–Crippen MR) is 106 cm³/mol. The maximum Gasteiger partial charge on any atom is 0.227 e.